The molecule has 3 rings (SSSR count). The highest BCUT2D eigenvalue weighted by molar-refractivity contribution is 6.31. The number of anilines is 1. The number of rotatable bonds is 3. The average molecular weight is 276 g/mol. The first kappa shape index (κ1) is 12.7. The molecule has 1 aliphatic rings. The molecule has 1 aromatic carbocycles. The number of pyridine rings is 1. The summed E-state index contributed by atoms with van der Waals surface area (Å²) in [7, 11) is 0. The summed E-state index contributed by atoms with van der Waals surface area (Å²) in [6.07, 6.45) is 4.34. The zero-order valence-electron chi connectivity index (χ0n) is 11.0. The number of benzene rings is 1. The van der Waals surface area contributed by atoms with Gasteiger partial charge in [0.2, 0.25) is 0 Å². The number of fused-ring (bicyclic) bond motifs is 1. The Labute approximate surface area is 118 Å². The lowest BCUT2D eigenvalue weighted by Crippen LogP contribution is -2.37. The van der Waals surface area contributed by atoms with Crippen LogP contribution >= 0.6 is 11.6 Å². The standard InChI is InChI=1S/C15H18ClN3/c1-10(13-3-2-7-17-13)19-14-6-8-18-15-9-11(16)4-5-12(14)15/h4-6,8-10,13,17H,2-3,7H2,1H3,(H,18,19). The van der Waals surface area contributed by atoms with E-state index in [0.29, 0.717) is 12.1 Å². The number of hydrogen-bond acceptors (Lipinski definition) is 3. The highest BCUT2D eigenvalue weighted by atomic mass is 35.5. The molecule has 19 heavy (non-hydrogen) atoms. The highest BCUT2D eigenvalue weighted by Crippen LogP contribution is 2.25. The van der Waals surface area contributed by atoms with Crippen molar-refractivity contribution < 1.29 is 0 Å². The molecule has 0 saturated carbocycles. The van der Waals surface area contributed by atoms with Gasteiger partial charge in [-0.2, -0.15) is 0 Å². The molecular formula is C15H18ClN3. The molecule has 1 aliphatic heterocycles. The van der Waals surface area contributed by atoms with E-state index in [2.05, 4.69) is 22.5 Å². The van der Waals surface area contributed by atoms with Gasteiger partial charge in [-0.3, -0.25) is 4.98 Å². The summed E-state index contributed by atoms with van der Waals surface area (Å²) in [5.74, 6) is 0. The summed E-state index contributed by atoms with van der Waals surface area (Å²) in [6, 6.07) is 8.83. The van der Waals surface area contributed by atoms with Crippen LogP contribution in [0.1, 0.15) is 19.8 Å². The summed E-state index contributed by atoms with van der Waals surface area (Å²) >= 11 is 6.01. The van der Waals surface area contributed by atoms with Gasteiger partial charge in [-0.1, -0.05) is 11.6 Å². The average Bonchev–Trinajstić information content (AvgIpc) is 2.92. The first-order valence-corrected chi connectivity index (χ1v) is 7.16. The van der Waals surface area contributed by atoms with E-state index in [4.69, 9.17) is 11.6 Å². The van der Waals surface area contributed by atoms with Crippen molar-refractivity contribution in [1.82, 2.24) is 10.3 Å². The minimum atomic E-state index is 0.406. The number of halogens is 1. The van der Waals surface area contributed by atoms with Crippen LogP contribution in [-0.2, 0) is 0 Å². The molecule has 4 heteroatoms. The molecule has 1 saturated heterocycles. The van der Waals surface area contributed by atoms with E-state index >= 15 is 0 Å². The third-order valence-electron chi connectivity index (χ3n) is 3.79. The van der Waals surface area contributed by atoms with Gasteiger partial charge in [0, 0.05) is 34.4 Å². The Balaban J connectivity index is 1.87. The van der Waals surface area contributed by atoms with E-state index in [1.54, 1.807) is 0 Å². The fourth-order valence-electron chi connectivity index (χ4n) is 2.73. The van der Waals surface area contributed by atoms with Crippen molar-refractivity contribution in [2.24, 2.45) is 0 Å². The summed E-state index contributed by atoms with van der Waals surface area (Å²) in [4.78, 5) is 4.37. The van der Waals surface area contributed by atoms with Crippen LogP contribution in [0.4, 0.5) is 5.69 Å². The molecule has 2 atom stereocenters. The maximum absolute atomic E-state index is 6.01. The normalized spacial score (nSPS) is 20.6. The zero-order chi connectivity index (χ0) is 13.2. The molecule has 0 bridgehead atoms. The quantitative estimate of drug-likeness (QED) is 0.901. The molecule has 0 radical (unpaired) electrons. The molecule has 0 spiro atoms. The van der Waals surface area contributed by atoms with Crippen molar-refractivity contribution in [3.63, 3.8) is 0 Å². The van der Waals surface area contributed by atoms with E-state index in [-0.39, 0.29) is 0 Å². The maximum atomic E-state index is 6.01. The summed E-state index contributed by atoms with van der Waals surface area (Å²) < 4.78 is 0. The van der Waals surface area contributed by atoms with Crippen molar-refractivity contribution in [3.05, 3.63) is 35.5 Å². The molecular weight excluding hydrogens is 258 g/mol. The van der Waals surface area contributed by atoms with Gasteiger partial charge >= 0.3 is 0 Å². The Morgan fingerprint density at radius 1 is 1.42 bits per heavy atom. The van der Waals surface area contributed by atoms with Crippen LogP contribution in [0, 0.1) is 0 Å². The van der Waals surface area contributed by atoms with E-state index in [9.17, 15) is 0 Å². The molecule has 2 unspecified atom stereocenters. The molecule has 1 fully saturated rings. The van der Waals surface area contributed by atoms with E-state index in [1.807, 2.05) is 30.5 Å². The van der Waals surface area contributed by atoms with Crippen LogP contribution < -0.4 is 10.6 Å². The second kappa shape index (κ2) is 5.35. The smallest absolute Gasteiger partial charge is 0.0737 e. The van der Waals surface area contributed by atoms with Crippen LogP contribution in [0.2, 0.25) is 5.02 Å². The predicted octanol–water partition coefficient (Wildman–Crippen LogP) is 3.44. The van der Waals surface area contributed by atoms with Gasteiger partial charge in [-0.05, 0) is 50.6 Å². The van der Waals surface area contributed by atoms with E-state index < -0.39 is 0 Å². The van der Waals surface area contributed by atoms with Crippen molar-refractivity contribution in [2.45, 2.75) is 31.8 Å². The lowest BCUT2D eigenvalue weighted by molar-refractivity contribution is 0.538. The van der Waals surface area contributed by atoms with Gasteiger partial charge < -0.3 is 10.6 Å². The fourth-order valence-corrected chi connectivity index (χ4v) is 2.90. The predicted molar refractivity (Wildman–Crippen MR) is 80.9 cm³/mol. The Hall–Kier alpha value is -1.32. The highest BCUT2D eigenvalue weighted by Gasteiger charge is 2.21. The second-order valence-corrected chi connectivity index (χ2v) is 5.59. The molecule has 2 heterocycles. The van der Waals surface area contributed by atoms with Gasteiger partial charge in [0.15, 0.2) is 0 Å². The Morgan fingerprint density at radius 2 is 2.32 bits per heavy atom. The number of nitrogens with one attached hydrogen (secondary N) is 2. The molecule has 100 valence electrons. The van der Waals surface area contributed by atoms with Crippen LogP contribution in [-0.4, -0.2) is 23.6 Å². The van der Waals surface area contributed by atoms with Crippen molar-refractivity contribution in [2.75, 3.05) is 11.9 Å². The maximum Gasteiger partial charge on any atom is 0.0737 e. The van der Waals surface area contributed by atoms with Gasteiger partial charge in [0.25, 0.3) is 0 Å². The second-order valence-electron chi connectivity index (χ2n) is 5.16. The monoisotopic (exact) mass is 275 g/mol. The minimum absolute atomic E-state index is 0.406. The van der Waals surface area contributed by atoms with Gasteiger partial charge in [0.05, 0.1) is 5.52 Å². The molecule has 0 aliphatic carbocycles. The Kier molecular flexibility index (Phi) is 3.58. The Morgan fingerprint density at radius 3 is 3.11 bits per heavy atom. The summed E-state index contributed by atoms with van der Waals surface area (Å²) in [6.45, 7) is 3.36. The molecule has 2 aromatic rings. The molecule has 0 amide bonds. The lowest BCUT2D eigenvalue weighted by Gasteiger charge is -2.22. The largest absolute Gasteiger partial charge is 0.380 e. The zero-order valence-corrected chi connectivity index (χ0v) is 11.7. The third-order valence-corrected chi connectivity index (χ3v) is 4.03. The van der Waals surface area contributed by atoms with E-state index in [0.717, 1.165) is 28.2 Å². The van der Waals surface area contributed by atoms with Crippen LogP contribution in [0.15, 0.2) is 30.5 Å². The van der Waals surface area contributed by atoms with Crippen molar-refractivity contribution >= 4 is 28.2 Å². The molecule has 1 aromatic heterocycles. The van der Waals surface area contributed by atoms with Crippen molar-refractivity contribution in [1.29, 1.82) is 0 Å². The molecule has 3 nitrogen and oxygen atoms in total. The first-order valence-electron chi connectivity index (χ1n) is 6.78. The number of aromatic nitrogens is 1. The summed E-state index contributed by atoms with van der Waals surface area (Å²) in [5, 5.41) is 8.98. The minimum Gasteiger partial charge on any atom is -0.380 e. The first-order chi connectivity index (χ1) is 9.24. The van der Waals surface area contributed by atoms with Crippen LogP contribution in [0.5, 0.6) is 0 Å². The van der Waals surface area contributed by atoms with Crippen molar-refractivity contribution in [3.8, 4) is 0 Å². The lowest BCUT2D eigenvalue weighted by atomic mass is 10.1. The SMILES string of the molecule is CC(Nc1ccnc2cc(Cl)ccc12)C1CCCN1. The molecule has 2 N–H and O–H groups in total. The fraction of sp³-hybridized carbons (Fsp3) is 0.400. The number of hydrogen-bond donors (Lipinski definition) is 2. The topological polar surface area (TPSA) is 37.0 Å². The Bertz CT molecular complexity index is 579. The van der Waals surface area contributed by atoms with Crippen LogP contribution in [0.3, 0.4) is 0 Å². The van der Waals surface area contributed by atoms with Gasteiger partial charge in [0.1, 0.15) is 0 Å². The van der Waals surface area contributed by atoms with Gasteiger partial charge in [-0.15, -0.1) is 0 Å². The number of nitrogens with zero attached hydrogens (tertiary/aromatic N) is 1. The van der Waals surface area contributed by atoms with Crippen LogP contribution in [0.25, 0.3) is 10.9 Å². The third kappa shape index (κ3) is 2.67. The summed E-state index contributed by atoms with van der Waals surface area (Å²) in [5.41, 5.74) is 2.06. The van der Waals surface area contributed by atoms with E-state index in [1.165, 1.54) is 12.8 Å². The van der Waals surface area contributed by atoms with Gasteiger partial charge in [-0.25, -0.2) is 0 Å².